The largest absolute Gasteiger partial charge is 0.366 e. The summed E-state index contributed by atoms with van der Waals surface area (Å²) in [7, 11) is 0. The summed E-state index contributed by atoms with van der Waals surface area (Å²) in [4.78, 5) is 11.0. The van der Waals surface area contributed by atoms with E-state index >= 15 is 0 Å². The van der Waals surface area contributed by atoms with Gasteiger partial charge >= 0.3 is 0 Å². The van der Waals surface area contributed by atoms with Crippen molar-refractivity contribution >= 4 is 16.7 Å². The summed E-state index contributed by atoms with van der Waals surface area (Å²) in [5, 5.41) is 0.976. The second-order valence-electron chi connectivity index (χ2n) is 3.00. The van der Waals surface area contributed by atoms with Crippen LogP contribution in [0.3, 0.4) is 0 Å². The fraction of sp³-hybridized carbons (Fsp3) is 0. The first kappa shape index (κ1) is 8.69. The lowest BCUT2D eigenvalue weighted by atomic mass is 10.0. The monoisotopic (exact) mass is 189 g/mol. The normalized spacial score (nSPS) is 10.4. The van der Waals surface area contributed by atoms with Crippen molar-refractivity contribution in [2.45, 2.75) is 0 Å². The summed E-state index contributed by atoms with van der Waals surface area (Å²) in [6, 6.07) is 9.42. The van der Waals surface area contributed by atoms with Crippen molar-refractivity contribution in [1.29, 1.82) is 0 Å². The van der Waals surface area contributed by atoms with Gasteiger partial charge in [0.2, 0.25) is 5.91 Å². The maximum absolute atomic E-state index is 13.3. The van der Waals surface area contributed by atoms with Crippen LogP contribution in [0.5, 0.6) is 0 Å². The molecule has 0 spiro atoms. The summed E-state index contributed by atoms with van der Waals surface area (Å²) in [5.74, 6) is -0.883. The minimum atomic E-state index is -0.541. The Morgan fingerprint density at radius 2 is 1.71 bits per heavy atom. The third-order valence-electron chi connectivity index (χ3n) is 2.13. The van der Waals surface area contributed by atoms with E-state index in [1.165, 1.54) is 6.07 Å². The Hall–Kier alpha value is -1.90. The third-order valence-corrected chi connectivity index (χ3v) is 2.13. The molecule has 0 atom stereocenters. The zero-order valence-electron chi connectivity index (χ0n) is 7.33. The first-order chi connectivity index (χ1) is 6.70. The van der Waals surface area contributed by atoms with Gasteiger partial charge in [0.25, 0.3) is 0 Å². The molecule has 0 fully saturated rings. The second kappa shape index (κ2) is 3.10. The number of hydrogen-bond donors (Lipinski definition) is 1. The number of carbonyl (C=O) groups is 1. The van der Waals surface area contributed by atoms with Crippen molar-refractivity contribution in [3.05, 3.63) is 47.8 Å². The van der Waals surface area contributed by atoms with Crippen LogP contribution in [0.25, 0.3) is 10.8 Å². The predicted molar refractivity (Wildman–Crippen MR) is 52.4 cm³/mol. The molecule has 0 heterocycles. The summed E-state index contributed by atoms with van der Waals surface area (Å²) in [5.41, 5.74) is 5.52. The van der Waals surface area contributed by atoms with Crippen LogP contribution >= 0.6 is 0 Å². The maximum atomic E-state index is 13.3. The SMILES string of the molecule is NC(=O)c1cccc2c(F)cccc12. The molecule has 1 amide bonds. The number of carbonyl (C=O) groups excluding carboxylic acids is 1. The molecule has 0 aliphatic heterocycles. The molecule has 0 saturated heterocycles. The Bertz CT molecular complexity index is 508. The van der Waals surface area contributed by atoms with Crippen LogP contribution in [0.1, 0.15) is 10.4 Å². The van der Waals surface area contributed by atoms with E-state index in [2.05, 4.69) is 0 Å². The molecule has 2 rings (SSSR count). The standard InChI is InChI=1S/C11H8FNO/c12-10-6-2-3-7-8(10)4-1-5-9(7)11(13)14/h1-6H,(H2,13,14). The van der Waals surface area contributed by atoms with Gasteiger partial charge in [0.05, 0.1) is 0 Å². The van der Waals surface area contributed by atoms with E-state index in [-0.39, 0.29) is 5.82 Å². The highest BCUT2D eigenvalue weighted by Gasteiger charge is 2.07. The van der Waals surface area contributed by atoms with Gasteiger partial charge in [-0.2, -0.15) is 0 Å². The van der Waals surface area contributed by atoms with E-state index in [0.717, 1.165) is 0 Å². The first-order valence-corrected chi connectivity index (χ1v) is 4.17. The average Bonchev–Trinajstić information content (AvgIpc) is 2.17. The quantitative estimate of drug-likeness (QED) is 0.733. The van der Waals surface area contributed by atoms with E-state index < -0.39 is 5.91 Å². The topological polar surface area (TPSA) is 43.1 Å². The Kier molecular flexibility index (Phi) is 1.93. The summed E-state index contributed by atoms with van der Waals surface area (Å²) >= 11 is 0. The highest BCUT2D eigenvalue weighted by Crippen LogP contribution is 2.20. The number of primary amides is 1. The molecule has 0 aromatic heterocycles. The Morgan fingerprint density at radius 1 is 1.07 bits per heavy atom. The molecule has 2 N–H and O–H groups in total. The predicted octanol–water partition coefficient (Wildman–Crippen LogP) is 2.08. The summed E-state index contributed by atoms with van der Waals surface area (Å²) in [6.45, 7) is 0. The Morgan fingerprint density at radius 3 is 2.43 bits per heavy atom. The van der Waals surface area contributed by atoms with Gasteiger partial charge in [0, 0.05) is 10.9 Å². The fourth-order valence-electron chi connectivity index (χ4n) is 1.49. The molecule has 0 saturated carbocycles. The molecule has 0 bridgehead atoms. The van der Waals surface area contributed by atoms with Crippen molar-refractivity contribution in [1.82, 2.24) is 0 Å². The smallest absolute Gasteiger partial charge is 0.249 e. The van der Waals surface area contributed by atoms with Gasteiger partial charge in [0.1, 0.15) is 5.82 Å². The van der Waals surface area contributed by atoms with Crippen molar-refractivity contribution < 1.29 is 9.18 Å². The molecule has 3 heteroatoms. The van der Waals surface area contributed by atoms with Gasteiger partial charge in [-0.05, 0) is 17.5 Å². The van der Waals surface area contributed by atoms with Crippen molar-refractivity contribution in [2.75, 3.05) is 0 Å². The van der Waals surface area contributed by atoms with Crippen LogP contribution < -0.4 is 5.73 Å². The molecular formula is C11H8FNO. The molecule has 0 unspecified atom stereocenters. The zero-order chi connectivity index (χ0) is 10.1. The molecule has 0 radical (unpaired) electrons. The number of rotatable bonds is 1. The van der Waals surface area contributed by atoms with Gasteiger partial charge in [-0.15, -0.1) is 0 Å². The van der Waals surface area contributed by atoms with Crippen LogP contribution in [0, 0.1) is 5.82 Å². The van der Waals surface area contributed by atoms with Crippen molar-refractivity contribution in [3.8, 4) is 0 Å². The van der Waals surface area contributed by atoms with Crippen LogP contribution in [-0.2, 0) is 0 Å². The number of benzene rings is 2. The molecule has 0 aliphatic carbocycles. The van der Waals surface area contributed by atoms with Gasteiger partial charge in [0.15, 0.2) is 0 Å². The Labute approximate surface area is 80.1 Å². The lowest BCUT2D eigenvalue weighted by molar-refractivity contribution is 0.100. The van der Waals surface area contributed by atoms with Crippen LogP contribution in [0.15, 0.2) is 36.4 Å². The van der Waals surface area contributed by atoms with Crippen molar-refractivity contribution in [3.63, 3.8) is 0 Å². The molecule has 2 aromatic carbocycles. The van der Waals surface area contributed by atoms with E-state index in [0.29, 0.717) is 16.3 Å². The molecule has 2 nitrogen and oxygen atoms in total. The lowest BCUT2D eigenvalue weighted by Crippen LogP contribution is -2.11. The molecular weight excluding hydrogens is 181 g/mol. The zero-order valence-corrected chi connectivity index (χ0v) is 7.33. The average molecular weight is 189 g/mol. The highest BCUT2D eigenvalue weighted by molar-refractivity contribution is 6.06. The van der Waals surface area contributed by atoms with E-state index in [1.807, 2.05) is 0 Å². The number of fused-ring (bicyclic) bond motifs is 1. The minimum Gasteiger partial charge on any atom is -0.366 e. The summed E-state index contributed by atoms with van der Waals surface area (Å²) < 4.78 is 13.3. The van der Waals surface area contributed by atoms with E-state index in [4.69, 9.17) is 5.73 Å². The van der Waals surface area contributed by atoms with Gasteiger partial charge in [-0.1, -0.05) is 24.3 Å². The minimum absolute atomic E-state index is 0.342. The fourth-order valence-corrected chi connectivity index (χ4v) is 1.49. The number of nitrogens with two attached hydrogens (primary N) is 1. The van der Waals surface area contributed by atoms with Crippen LogP contribution in [-0.4, -0.2) is 5.91 Å². The third kappa shape index (κ3) is 1.23. The summed E-state index contributed by atoms with van der Waals surface area (Å²) in [6.07, 6.45) is 0. The molecule has 0 aliphatic rings. The van der Waals surface area contributed by atoms with E-state index in [1.54, 1.807) is 30.3 Å². The number of hydrogen-bond acceptors (Lipinski definition) is 1. The molecule has 14 heavy (non-hydrogen) atoms. The maximum Gasteiger partial charge on any atom is 0.249 e. The van der Waals surface area contributed by atoms with Crippen molar-refractivity contribution in [2.24, 2.45) is 5.73 Å². The van der Waals surface area contributed by atoms with Crippen LogP contribution in [0.2, 0.25) is 0 Å². The lowest BCUT2D eigenvalue weighted by Gasteiger charge is -2.02. The first-order valence-electron chi connectivity index (χ1n) is 4.17. The second-order valence-corrected chi connectivity index (χ2v) is 3.00. The van der Waals surface area contributed by atoms with E-state index in [9.17, 15) is 9.18 Å². The number of halogens is 1. The van der Waals surface area contributed by atoms with Gasteiger partial charge in [-0.3, -0.25) is 4.79 Å². The molecule has 2 aromatic rings. The Balaban J connectivity index is 2.88. The molecule has 70 valence electrons. The number of amides is 1. The van der Waals surface area contributed by atoms with Gasteiger partial charge < -0.3 is 5.73 Å². The van der Waals surface area contributed by atoms with Gasteiger partial charge in [-0.25, -0.2) is 4.39 Å². The highest BCUT2D eigenvalue weighted by atomic mass is 19.1. The van der Waals surface area contributed by atoms with Crippen LogP contribution in [0.4, 0.5) is 4.39 Å².